The molecular formula is C13H12INO2S. The van der Waals surface area contributed by atoms with Gasteiger partial charge < -0.3 is 10.4 Å². The van der Waals surface area contributed by atoms with Gasteiger partial charge in [-0.05, 0) is 41.6 Å². The van der Waals surface area contributed by atoms with E-state index >= 15 is 0 Å². The third kappa shape index (κ3) is 3.09. The fourth-order valence-corrected chi connectivity index (χ4v) is 2.93. The average Bonchev–Trinajstić information content (AvgIpc) is 2.76. The molecule has 18 heavy (non-hydrogen) atoms. The lowest BCUT2D eigenvalue weighted by molar-refractivity contribution is 0.102. The van der Waals surface area contributed by atoms with Crippen LogP contribution in [-0.2, 0) is 0 Å². The molecule has 0 aliphatic rings. The third-order valence-corrected chi connectivity index (χ3v) is 4.28. The van der Waals surface area contributed by atoms with Gasteiger partial charge in [0.1, 0.15) is 0 Å². The Morgan fingerprint density at radius 3 is 2.78 bits per heavy atom. The lowest BCUT2D eigenvalue weighted by atomic mass is 10.1. The fourth-order valence-electron chi connectivity index (χ4n) is 1.60. The molecule has 3 nitrogen and oxygen atoms in total. The molecule has 1 aromatic heterocycles. The van der Waals surface area contributed by atoms with E-state index in [-0.39, 0.29) is 5.91 Å². The minimum atomic E-state index is -0.607. The number of hydrogen-bond acceptors (Lipinski definition) is 3. The van der Waals surface area contributed by atoms with Gasteiger partial charge in [0.05, 0.1) is 14.6 Å². The van der Waals surface area contributed by atoms with Crippen molar-refractivity contribution < 1.29 is 9.90 Å². The number of rotatable bonds is 3. The molecule has 2 N–H and O–H groups in total. The predicted octanol–water partition coefficient (Wildman–Crippen LogP) is 3.66. The number of hydrogen-bond donors (Lipinski definition) is 2. The molecule has 0 fully saturated rings. The Morgan fingerprint density at radius 2 is 2.17 bits per heavy atom. The monoisotopic (exact) mass is 373 g/mol. The van der Waals surface area contributed by atoms with Gasteiger partial charge in [0.25, 0.3) is 5.91 Å². The highest BCUT2D eigenvalue weighted by Crippen LogP contribution is 2.24. The molecule has 1 amide bonds. The van der Waals surface area contributed by atoms with E-state index < -0.39 is 6.10 Å². The van der Waals surface area contributed by atoms with E-state index in [1.165, 1.54) is 11.3 Å². The molecule has 1 unspecified atom stereocenters. The summed E-state index contributed by atoms with van der Waals surface area (Å²) < 4.78 is 1.07. The van der Waals surface area contributed by atoms with E-state index in [1.54, 1.807) is 19.1 Å². The lowest BCUT2D eigenvalue weighted by Crippen LogP contribution is -2.13. The Hall–Kier alpha value is -0.920. The van der Waals surface area contributed by atoms with Gasteiger partial charge in [-0.15, -0.1) is 11.3 Å². The number of anilines is 1. The summed E-state index contributed by atoms with van der Waals surface area (Å²) in [5.41, 5.74) is 2.01. The van der Waals surface area contributed by atoms with Gasteiger partial charge in [-0.1, -0.05) is 18.2 Å². The van der Waals surface area contributed by atoms with Crippen LogP contribution in [0, 0.1) is 2.88 Å². The Balaban J connectivity index is 2.22. The summed E-state index contributed by atoms with van der Waals surface area (Å²) in [6, 6.07) is 9.10. The molecular weight excluding hydrogens is 361 g/mol. The fraction of sp³-hybridized carbons (Fsp3) is 0.154. The molecule has 1 heterocycles. The molecule has 0 aliphatic carbocycles. The lowest BCUT2D eigenvalue weighted by Gasteiger charge is -2.12. The molecule has 0 bridgehead atoms. The first-order chi connectivity index (χ1) is 8.58. The van der Waals surface area contributed by atoms with E-state index in [0.717, 1.165) is 8.45 Å². The van der Waals surface area contributed by atoms with Crippen molar-refractivity contribution in [2.75, 3.05) is 5.32 Å². The largest absolute Gasteiger partial charge is 0.389 e. The van der Waals surface area contributed by atoms with Crippen molar-refractivity contribution in [1.82, 2.24) is 0 Å². The van der Waals surface area contributed by atoms with Gasteiger partial charge in [0.2, 0.25) is 0 Å². The molecule has 0 saturated carbocycles. The van der Waals surface area contributed by atoms with Crippen LogP contribution in [-0.4, -0.2) is 11.0 Å². The topological polar surface area (TPSA) is 49.3 Å². The first-order valence-corrected chi connectivity index (χ1v) is 7.36. The van der Waals surface area contributed by atoms with Gasteiger partial charge in [-0.3, -0.25) is 4.79 Å². The van der Waals surface area contributed by atoms with Crippen LogP contribution >= 0.6 is 33.9 Å². The number of aliphatic hydroxyl groups is 1. The molecule has 2 aromatic rings. The summed E-state index contributed by atoms with van der Waals surface area (Å²) in [6.07, 6.45) is -0.607. The van der Waals surface area contributed by atoms with Crippen LogP contribution in [0.2, 0.25) is 0 Å². The number of amides is 1. The maximum atomic E-state index is 12.0. The Morgan fingerprint density at radius 1 is 1.44 bits per heavy atom. The number of aliphatic hydroxyl groups excluding tert-OH is 1. The van der Waals surface area contributed by atoms with Gasteiger partial charge in [0.15, 0.2) is 0 Å². The molecule has 94 valence electrons. The first kappa shape index (κ1) is 13.5. The van der Waals surface area contributed by atoms with Crippen LogP contribution in [0.3, 0.4) is 0 Å². The molecule has 1 aromatic carbocycles. The molecule has 0 radical (unpaired) electrons. The van der Waals surface area contributed by atoms with Gasteiger partial charge in [-0.25, -0.2) is 0 Å². The zero-order valence-corrected chi connectivity index (χ0v) is 12.7. The normalized spacial score (nSPS) is 12.2. The summed E-state index contributed by atoms with van der Waals surface area (Å²) in [5.74, 6) is -0.151. The summed E-state index contributed by atoms with van der Waals surface area (Å²) in [6.45, 7) is 1.68. The predicted molar refractivity (Wildman–Crippen MR) is 82.1 cm³/mol. The Bertz CT molecular complexity index is 566. The zero-order valence-electron chi connectivity index (χ0n) is 9.68. The molecule has 1 atom stereocenters. The minimum Gasteiger partial charge on any atom is -0.389 e. The highest BCUT2D eigenvalue weighted by molar-refractivity contribution is 14.1. The smallest absolute Gasteiger partial charge is 0.256 e. The minimum absolute atomic E-state index is 0.151. The third-order valence-electron chi connectivity index (χ3n) is 2.49. The number of benzene rings is 1. The number of carbonyl (C=O) groups excluding carboxylic acids is 1. The van der Waals surface area contributed by atoms with Crippen LogP contribution in [0.5, 0.6) is 0 Å². The number of para-hydroxylation sites is 1. The molecule has 0 spiro atoms. The quantitative estimate of drug-likeness (QED) is 0.807. The summed E-state index contributed by atoms with van der Waals surface area (Å²) in [7, 11) is 0. The molecule has 0 aliphatic heterocycles. The molecule has 0 saturated heterocycles. The van der Waals surface area contributed by atoms with E-state index in [2.05, 4.69) is 27.9 Å². The Kier molecular flexibility index (Phi) is 4.36. The SMILES string of the molecule is CC(O)c1ccccc1NC(=O)c1csc(I)c1. The maximum absolute atomic E-state index is 12.0. The summed E-state index contributed by atoms with van der Waals surface area (Å²) >= 11 is 3.71. The maximum Gasteiger partial charge on any atom is 0.256 e. The van der Waals surface area contributed by atoms with Gasteiger partial charge in [0, 0.05) is 16.6 Å². The number of carbonyl (C=O) groups is 1. The van der Waals surface area contributed by atoms with Crippen molar-refractivity contribution in [3.05, 3.63) is 49.7 Å². The zero-order chi connectivity index (χ0) is 13.1. The van der Waals surface area contributed by atoms with E-state index in [1.807, 2.05) is 23.6 Å². The summed E-state index contributed by atoms with van der Waals surface area (Å²) in [4.78, 5) is 12.0. The summed E-state index contributed by atoms with van der Waals surface area (Å²) in [5, 5.41) is 14.3. The van der Waals surface area contributed by atoms with Gasteiger partial charge in [-0.2, -0.15) is 0 Å². The standard InChI is InChI=1S/C13H12INO2S/c1-8(16)10-4-2-3-5-11(10)15-13(17)9-6-12(14)18-7-9/h2-8,16H,1H3,(H,15,17). The van der Waals surface area contributed by atoms with Crippen molar-refractivity contribution in [3.8, 4) is 0 Å². The van der Waals surface area contributed by atoms with Crippen molar-refractivity contribution >= 4 is 45.5 Å². The van der Waals surface area contributed by atoms with Crippen LogP contribution < -0.4 is 5.32 Å². The Labute approximate surface area is 123 Å². The van der Waals surface area contributed by atoms with Crippen LogP contribution in [0.4, 0.5) is 5.69 Å². The molecule has 2 rings (SSSR count). The van der Waals surface area contributed by atoms with Crippen molar-refractivity contribution in [3.63, 3.8) is 0 Å². The number of halogens is 1. The highest BCUT2D eigenvalue weighted by atomic mass is 127. The number of nitrogens with one attached hydrogen (secondary N) is 1. The van der Waals surface area contributed by atoms with Gasteiger partial charge >= 0.3 is 0 Å². The van der Waals surface area contributed by atoms with Crippen molar-refractivity contribution in [2.45, 2.75) is 13.0 Å². The van der Waals surface area contributed by atoms with Crippen LogP contribution in [0.15, 0.2) is 35.7 Å². The second-order valence-electron chi connectivity index (χ2n) is 3.86. The van der Waals surface area contributed by atoms with Crippen LogP contribution in [0.1, 0.15) is 28.9 Å². The van der Waals surface area contributed by atoms with E-state index in [0.29, 0.717) is 11.3 Å². The van der Waals surface area contributed by atoms with E-state index in [9.17, 15) is 9.90 Å². The average molecular weight is 373 g/mol. The second kappa shape index (κ2) is 5.81. The van der Waals surface area contributed by atoms with Crippen LogP contribution in [0.25, 0.3) is 0 Å². The van der Waals surface area contributed by atoms with Crippen molar-refractivity contribution in [2.24, 2.45) is 0 Å². The first-order valence-electron chi connectivity index (χ1n) is 5.40. The van der Waals surface area contributed by atoms with Crippen molar-refractivity contribution in [1.29, 1.82) is 0 Å². The second-order valence-corrected chi connectivity index (χ2v) is 6.66. The van der Waals surface area contributed by atoms with E-state index in [4.69, 9.17) is 0 Å². The number of thiophene rings is 1. The highest BCUT2D eigenvalue weighted by Gasteiger charge is 2.12. The molecule has 5 heteroatoms.